The summed E-state index contributed by atoms with van der Waals surface area (Å²) >= 11 is 0. The Morgan fingerprint density at radius 3 is 2.35 bits per heavy atom. The molecule has 0 aliphatic carbocycles. The molecule has 1 heterocycles. The largest absolute Gasteiger partial charge is 0.372 e. The van der Waals surface area contributed by atoms with Gasteiger partial charge in [-0.3, -0.25) is 9.59 Å². The van der Waals surface area contributed by atoms with Gasteiger partial charge in [-0.05, 0) is 41.3 Å². The maximum Gasteiger partial charge on any atom is 0.263 e. The highest BCUT2D eigenvalue weighted by molar-refractivity contribution is 5.93. The van der Waals surface area contributed by atoms with Crippen molar-refractivity contribution in [1.82, 2.24) is 9.88 Å². The zero-order chi connectivity index (χ0) is 23.8. The number of aromatic nitrogens is 1. The molecule has 3 aromatic carbocycles. The molecular weight excluding hydrogens is 424 g/mol. The molecule has 1 amide bonds. The third-order valence-electron chi connectivity index (χ3n) is 5.63. The lowest BCUT2D eigenvalue weighted by atomic mass is 10.1. The Kier molecular flexibility index (Phi) is 7.68. The van der Waals surface area contributed by atoms with Gasteiger partial charge in [0.1, 0.15) is 5.56 Å². The van der Waals surface area contributed by atoms with Gasteiger partial charge in [0.15, 0.2) is 0 Å². The number of nitrogens with one attached hydrogen (secondary N) is 1. The van der Waals surface area contributed by atoms with Gasteiger partial charge < -0.3 is 14.6 Å². The normalized spacial score (nSPS) is 10.7. The number of rotatable bonds is 9. The minimum Gasteiger partial charge on any atom is -0.372 e. The van der Waals surface area contributed by atoms with E-state index in [1.54, 1.807) is 22.9 Å². The molecule has 0 saturated carbocycles. The zero-order valence-electron chi connectivity index (χ0n) is 19.2. The van der Waals surface area contributed by atoms with Crippen molar-refractivity contribution < 1.29 is 9.53 Å². The van der Waals surface area contributed by atoms with Gasteiger partial charge >= 0.3 is 0 Å². The highest BCUT2D eigenvalue weighted by atomic mass is 16.5. The Morgan fingerprint density at radius 1 is 0.824 bits per heavy atom. The van der Waals surface area contributed by atoms with Crippen LogP contribution in [0.5, 0.6) is 0 Å². The average molecular weight is 453 g/mol. The molecule has 0 atom stereocenters. The fourth-order valence-electron chi connectivity index (χ4n) is 3.84. The van der Waals surface area contributed by atoms with E-state index in [1.165, 1.54) is 0 Å². The van der Waals surface area contributed by atoms with Gasteiger partial charge in [-0.2, -0.15) is 0 Å². The van der Waals surface area contributed by atoms with E-state index < -0.39 is 0 Å². The Labute approximate surface area is 199 Å². The van der Waals surface area contributed by atoms with E-state index in [1.807, 2.05) is 85.8 Å². The fourth-order valence-corrected chi connectivity index (χ4v) is 3.84. The van der Waals surface area contributed by atoms with Crippen LogP contribution in [0.2, 0.25) is 0 Å². The molecule has 5 nitrogen and oxygen atoms in total. The highest BCUT2D eigenvalue weighted by Crippen LogP contribution is 2.12. The van der Waals surface area contributed by atoms with Crippen LogP contribution in [0.1, 0.15) is 38.2 Å². The van der Waals surface area contributed by atoms with Crippen LogP contribution in [0.15, 0.2) is 102 Å². The molecule has 0 spiro atoms. The molecule has 5 heteroatoms. The molecule has 0 fully saturated rings. The highest BCUT2D eigenvalue weighted by Gasteiger charge is 2.13. The molecule has 0 unspecified atom stereocenters. The van der Waals surface area contributed by atoms with Crippen LogP contribution in [0.4, 0.5) is 0 Å². The maximum absolute atomic E-state index is 12.9. The van der Waals surface area contributed by atoms with Gasteiger partial charge in [0, 0.05) is 12.7 Å². The van der Waals surface area contributed by atoms with Crippen molar-refractivity contribution in [3.63, 3.8) is 0 Å². The zero-order valence-corrected chi connectivity index (χ0v) is 19.2. The van der Waals surface area contributed by atoms with Gasteiger partial charge in [0.2, 0.25) is 0 Å². The molecule has 0 aliphatic rings. The van der Waals surface area contributed by atoms with E-state index in [0.29, 0.717) is 26.3 Å². The van der Waals surface area contributed by atoms with E-state index in [0.717, 1.165) is 27.8 Å². The third-order valence-corrected chi connectivity index (χ3v) is 5.63. The summed E-state index contributed by atoms with van der Waals surface area (Å²) in [5, 5.41) is 2.90. The summed E-state index contributed by atoms with van der Waals surface area (Å²) in [6, 6.07) is 29.1. The van der Waals surface area contributed by atoms with Gasteiger partial charge in [0.05, 0.1) is 19.8 Å². The number of nitrogens with zero attached hydrogens (tertiary/aromatic N) is 1. The molecule has 1 aromatic heterocycles. The lowest BCUT2D eigenvalue weighted by Gasteiger charge is -2.12. The summed E-state index contributed by atoms with van der Waals surface area (Å²) in [7, 11) is 0. The van der Waals surface area contributed by atoms with Crippen LogP contribution in [-0.4, -0.2) is 10.5 Å². The number of carbonyl (C=O) groups is 1. The Morgan fingerprint density at radius 2 is 1.56 bits per heavy atom. The van der Waals surface area contributed by atoms with Crippen LogP contribution in [0.25, 0.3) is 0 Å². The second kappa shape index (κ2) is 11.3. The van der Waals surface area contributed by atoms with Crippen molar-refractivity contribution in [2.75, 3.05) is 0 Å². The van der Waals surface area contributed by atoms with E-state index in [4.69, 9.17) is 4.74 Å². The average Bonchev–Trinajstić information content (AvgIpc) is 2.85. The minimum atomic E-state index is -0.386. The molecule has 0 aliphatic heterocycles. The van der Waals surface area contributed by atoms with Crippen molar-refractivity contribution in [1.29, 1.82) is 0 Å². The van der Waals surface area contributed by atoms with Crippen LogP contribution in [0.3, 0.4) is 0 Å². The van der Waals surface area contributed by atoms with Crippen molar-refractivity contribution >= 4 is 5.91 Å². The lowest BCUT2D eigenvalue weighted by Crippen LogP contribution is -2.32. The summed E-state index contributed by atoms with van der Waals surface area (Å²) in [4.78, 5) is 25.8. The second-order valence-electron chi connectivity index (χ2n) is 8.27. The van der Waals surface area contributed by atoms with Crippen LogP contribution < -0.4 is 10.9 Å². The van der Waals surface area contributed by atoms with E-state index in [-0.39, 0.29) is 17.0 Å². The Bertz CT molecular complexity index is 1310. The van der Waals surface area contributed by atoms with E-state index in [9.17, 15) is 9.59 Å². The summed E-state index contributed by atoms with van der Waals surface area (Å²) in [5.41, 5.74) is 5.05. The number of amides is 1. The van der Waals surface area contributed by atoms with Crippen molar-refractivity contribution in [3.8, 4) is 0 Å². The van der Waals surface area contributed by atoms with Gasteiger partial charge in [-0.15, -0.1) is 0 Å². The second-order valence-corrected chi connectivity index (χ2v) is 8.27. The third kappa shape index (κ3) is 6.09. The number of ether oxygens (including phenoxy) is 1. The Balaban J connectivity index is 1.40. The lowest BCUT2D eigenvalue weighted by molar-refractivity contribution is 0.0945. The van der Waals surface area contributed by atoms with Crippen LogP contribution in [0, 0.1) is 6.92 Å². The molecule has 1 N–H and O–H groups in total. The SMILES string of the molecule is Cc1cccc(Cn2cccc(C(=O)NCc3ccccc3COCc3ccccc3)c2=O)c1. The quantitative estimate of drug-likeness (QED) is 0.395. The summed E-state index contributed by atoms with van der Waals surface area (Å²) in [6.07, 6.45) is 1.71. The first-order valence-electron chi connectivity index (χ1n) is 11.3. The maximum atomic E-state index is 12.9. The predicted octanol–water partition coefficient (Wildman–Crippen LogP) is 4.85. The molecule has 4 aromatic rings. The molecule has 172 valence electrons. The molecule has 4 rings (SSSR count). The molecule has 34 heavy (non-hydrogen) atoms. The first kappa shape index (κ1) is 23.2. The topological polar surface area (TPSA) is 60.3 Å². The molecular formula is C29H28N2O3. The Hall–Kier alpha value is -3.96. The van der Waals surface area contributed by atoms with E-state index in [2.05, 4.69) is 5.32 Å². The van der Waals surface area contributed by atoms with E-state index >= 15 is 0 Å². The van der Waals surface area contributed by atoms with Crippen molar-refractivity contribution in [2.24, 2.45) is 0 Å². The first-order valence-corrected chi connectivity index (χ1v) is 11.3. The van der Waals surface area contributed by atoms with Gasteiger partial charge in [0.25, 0.3) is 11.5 Å². The molecule has 0 bridgehead atoms. The number of hydrogen-bond acceptors (Lipinski definition) is 3. The van der Waals surface area contributed by atoms with Gasteiger partial charge in [-0.25, -0.2) is 0 Å². The summed E-state index contributed by atoms with van der Waals surface area (Å²) < 4.78 is 7.44. The molecule has 0 saturated heterocycles. The minimum absolute atomic E-state index is 0.132. The number of hydrogen-bond donors (Lipinski definition) is 1. The first-order chi connectivity index (χ1) is 16.6. The van der Waals surface area contributed by atoms with Crippen molar-refractivity contribution in [2.45, 2.75) is 33.2 Å². The monoisotopic (exact) mass is 452 g/mol. The number of benzene rings is 3. The van der Waals surface area contributed by atoms with Crippen LogP contribution >= 0.6 is 0 Å². The standard InChI is InChI=1S/C29H28N2O3/c1-22-9-7-12-24(17-22)19-31-16-8-15-27(29(31)33)28(32)30-18-25-13-5-6-14-26(25)21-34-20-23-10-3-2-4-11-23/h2-17H,18-21H2,1H3,(H,30,32). The number of pyridine rings is 1. The van der Waals surface area contributed by atoms with Crippen molar-refractivity contribution in [3.05, 3.63) is 141 Å². The molecule has 0 radical (unpaired) electrons. The van der Waals surface area contributed by atoms with Gasteiger partial charge in [-0.1, -0.05) is 84.4 Å². The fraction of sp³-hybridized carbons (Fsp3) is 0.172. The smallest absolute Gasteiger partial charge is 0.263 e. The predicted molar refractivity (Wildman–Crippen MR) is 134 cm³/mol. The summed E-state index contributed by atoms with van der Waals surface area (Å²) in [5.74, 6) is -0.386. The van der Waals surface area contributed by atoms with Crippen LogP contribution in [-0.2, 0) is 31.0 Å². The number of carbonyl (C=O) groups excluding carboxylic acids is 1. The summed E-state index contributed by atoms with van der Waals surface area (Å²) in [6.45, 7) is 3.71. The number of aryl methyl sites for hydroxylation is 1.